The Labute approximate surface area is 134 Å². The summed E-state index contributed by atoms with van der Waals surface area (Å²) in [7, 11) is 0. The Balaban J connectivity index is 1.97. The molecule has 0 saturated carbocycles. The van der Waals surface area contributed by atoms with Crippen LogP contribution < -0.4 is 0 Å². The molecule has 112 valence electrons. The van der Waals surface area contributed by atoms with E-state index in [2.05, 4.69) is 18.2 Å². The average Bonchev–Trinajstić information content (AvgIpc) is 2.56. The maximum atomic E-state index is 12.2. The standard InChI is InChI=1S/C20H16N2O/c1-12(2)20(23)15-7-8-16-17(11-15)22-19-10-14-6-4-3-5-13(14)9-18(19)21-16/h3-12H,1-2H3. The first kappa shape index (κ1) is 13.8. The Kier molecular flexibility index (Phi) is 3.08. The molecule has 0 radical (unpaired) electrons. The number of carbonyl (C=O) groups excluding carboxylic acids is 1. The first-order valence-corrected chi connectivity index (χ1v) is 7.76. The lowest BCUT2D eigenvalue weighted by Gasteiger charge is -2.07. The number of fused-ring (bicyclic) bond motifs is 3. The number of carbonyl (C=O) groups is 1. The Morgan fingerprint density at radius 2 is 1.35 bits per heavy atom. The van der Waals surface area contributed by atoms with Crippen molar-refractivity contribution < 1.29 is 4.79 Å². The van der Waals surface area contributed by atoms with Gasteiger partial charge in [-0.05, 0) is 41.1 Å². The van der Waals surface area contributed by atoms with E-state index in [1.165, 1.54) is 0 Å². The smallest absolute Gasteiger partial charge is 0.165 e. The lowest BCUT2D eigenvalue weighted by molar-refractivity contribution is 0.0939. The minimum absolute atomic E-state index is 0.0233. The Morgan fingerprint density at radius 3 is 1.96 bits per heavy atom. The van der Waals surface area contributed by atoms with Crippen LogP contribution in [0.25, 0.3) is 32.8 Å². The number of ketones is 1. The summed E-state index contributed by atoms with van der Waals surface area (Å²) in [4.78, 5) is 21.6. The van der Waals surface area contributed by atoms with E-state index in [1.54, 1.807) is 0 Å². The van der Waals surface area contributed by atoms with Crippen molar-refractivity contribution in [2.45, 2.75) is 13.8 Å². The van der Waals surface area contributed by atoms with Gasteiger partial charge in [-0.1, -0.05) is 38.1 Å². The first-order valence-electron chi connectivity index (χ1n) is 7.76. The van der Waals surface area contributed by atoms with Gasteiger partial charge in [-0.15, -0.1) is 0 Å². The zero-order valence-corrected chi connectivity index (χ0v) is 13.1. The molecule has 4 rings (SSSR count). The SMILES string of the molecule is CC(C)C(=O)c1ccc2nc3cc4ccccc4cc3nc2c1. The lowest BCUT2D eigenvalue weighted by atomic mass is 10.0. The molecule has 0 N–H and O–H groups in total. The molecule has 0 saturated heterocycles. The highest BCUT2D eigenvalue weighted by Crippen LogP contribution is 2.23. The van der Waals surface area contributed by atoms with Gasteiger partial charge in [-0.25, -0.2) is 9.97 Å². The molecule has 0 spiro atoms. The zero-order valence-electron chi connectivity index (χ0n) is 13.1. The number of Topliss-reactive ketones (excluding diaryl/α,β-unsaturated/α-hetero) is 1. The van der Waals surface area contributed by atoms with Gasteiger partial charge < -0.3 is 0 Å². The minimum atomic E-state index is -0.0233. The van der Waals surface area contributed by atoms with Gasteiger partial charge in [0.2, 0.25) is 0 Å². The molecule has 0 aliphatic heterocycles. The Bertz CT molecular complexity index is 1070. The van der Waals surface area contributed by atoms with Gasteiger partial charge >= 0.3 is 0 Å². The summed E-state index contributed by atoms with van der Waals surface area (Å²) in [5, 5.41) is 2.29. The van der Waals surface area contributed by atoms with Crippen molar-refractivity contribution in [3.05, 3.63) is 60.2 Å². The third-order valence-electron chi connectivity index (χ3n) is 4.11. The van der Waals surface area contributed by atoms with E-state index >= 15 is 0 Å². The number of benzene rings is 3. The van der Waals surface area contributed by atoms with Crippen LogP contribution >= 0.6 is 0 Å². The Morgan fingerprint density at radius 1 is 0.783 bits per heavy atom. The summed E-state index contributed by atoms with van der Waals surface area (Å²) >= 11 is 0. The highest BCUT2D eigenvalue weighted by atomic mass is 16.1. The molecule has 0 atom stereocenters. The van der Waals surface area contributed by atoms with Gasteiger partial charge in [0.05, 0.1) is 22.1 Å². The maximum absolute atomic E-state index is 12.2. The predicted molar refractivity (Wildman–Crippen MR) is 93.7 cm³/mol. The van der Waals surface area contributed by atoms with Crippen molar-refractivity contribution in [3.63, 3.8) is 0 Å². The van der Waals surface area contributed by atoms with E-state index in [1.807, 2.05) is 50.2 Å². The monoisotopic (exact) mass is 300 g/mol. The zero-order chi connectivity index (χ0) is 16.0. The van der Waals surface area contributed by atoms with Crippen LogP contribution in [-0.4, -0.2) is 15.8 Å². The van der Waals surface area contributed by atoms with Crippen LogP contribution in [0.5, 0.6) is 0 Å². The van der Waals surface area contributed by atoms with Gasteiger partial charge in [-0.3, -0.25) is 4.79 Å². The molecule has 0 fully saturated rings. The largest absolute Gasteiger partial charge is 0.294 e. The van der Waals surface area contributed by atoms with Crippen molar-refractivity contribution in [2.75, 3.05) is 0 Å². The molecule has 0 amide bonds. The second-order valence-corrected chi connectivity index (χ2v) is 6.13. The molecule has 0 aliphatic carbocycles. The molecule has 0 unspecified atom stereocenters. The molecule has 0 aliphatic rings. The number of rotatable bonds is 2. The van der Waals surface area contributed by atoms with Crippen LogP contribution in [-0.2, 0) is 0 Å². The lowest BCUT2D eigenvalue weighted by Crippen LogP contribution is -2.07. The average molecular weight is 300 g/mol. The molecular formula is C20H16N2O. The summed E-state index contributed by atoms with van der Waals surface area (Å²) < 4.78 is 0. The summed E-state index contributed by atoms with van der Waals surface area (Å²) in [5.41, 5.74) is 4.00. The van der Waals surface area contributed by atoms with Crippen molar-refractivity contribution >= 4 is 38.6 Å². The van der Waals surface area contributed by atoms with Crippen LogP contribution in [0.1, 0.15) is 24.2 Å². The fraction of sp³-hybridized carbons (Fsp3) is 0.150. The van der Waals surface area contributed by atoms with Crippen molar-refractivity contribution in [1.29, 1.82) is 0 Å². The first-order chi connectivity index (χ1) is 11.1. The van der Waals surface area contributed by atoms with Gasteiger partial charge in [-0.2, -0.15) is 0 Å². The third kappa shape index (κ3) is 2.34. The van der Waals surface area contributed by atoms with E-state index in [9.17, 15) is 4.79 Å². The molecule has 4 aromatic rings. The quantitative estimate of drug-likeness (QED) is 0.395. The predicted octanol–water partition coefficient (Wildman–Crippen LogP) is 4.77. The van der Waals surface area contributed by atoms with Crippen molar-refractivity contribution in [2.24, 2.45) is 5.92 Å². The van der Waals surface area contributed by atoms with Crippen LogP contribution in [0.4, 0.5) is 0 Å². The van der Waals surface area contributed by atoms with Crippen LogP contribution in [0.15, 0.2) is 54.6 Å². The second kappa shape index (κ2) is 5.13. The molecule has 3 aromatic carbocycles. The van der Waals surface area contributed by atoms with Gasteiger partial charge in [0.1, 0.15) is 0 Å². The molecule has 3 nitrogen and oxygen atoms in total. The number of hydrogen-bond donors (Lipinski definition) is 0. The molecule has 0 bridgehead atoms. The normalized spacial score (nSPS) is 11.6. The number of nitrogens with zero attached hydrogens (tertiary/aromatic N) is 2. The topological polar surface area (TPSA) is 42.9 Å². The van der Waals surface area contributed by atoms with Crippen LogP contribution in [0.3, 0.4) is 0 Å². The summed E-state index contributed by atoms with van der Waals surface area (Å²) in [6.45, 7) is 3.81. The third-order valence-corrected chi connectivity index (χ3v) is 4.11. The second-order valence-electron chi connectivity index (χ2n) is 6.13. The van der Waals surface area contributed by atoms with E-state index in [4.69, 9.17) is 9.97 Å². The summed E-state index contributed by atoms with van der Waals surface area (Å²) in [6.07, 6.45) is 0. The number of hydrogen-bond acceptors (Lipinski definition) is 3. The van der Waals surface area contributed by atoms with Gasteiger partial charge in [0, 0.05) is 11.5 Å². The fourth-order valence-electron chi connectivity index (χ4n) is 2.85. The van der Waals surface area contributed by atoms with Crippen molar-refractivity contribution in [3.8, 4) is 0 Å². The summed E-state index contributed by atoms with van der Waals surface area (Å²) in [5.74, 6) is 0.108. The molecule has 3 heteroatoms. The van der Waals surface area contributed by atoms with E-state index in [-0.39, 0.29) is 11.7 Å². The highest BCUT2D eigenvalue weighted by molar-refractivity contribution is 6.02. The fourth-order valence-corrected chi connectivity index (χ4v) is 2.85. The number of aromatic nitrogens is 2. The minimum Gasteiger partial charge on any atom is -0.294 e. The highest BCUT2D eigenvalue weighted by Gasteiger charge is 2.12. The maximum Gasteiger partial charge on any atom is 0.165 e. The van der Waals surface area contributed by atoms with Gasteiger partial charge in [0.25, 0.3) is 0 Å². The van der Waals surface area contributed by atoms with Gasteiger partial charge in [0.15, 0.2) is 5.78 Å². The van der Waals surface area contributed by atoms with E-state index in [0.717, 1.165) is 32.8 Å². The van der Waals surface area contributed by atoms with E-state index in [0.29, 0.717) is 5.56 Å². The van der Waals surface area contributed by atoms with Crippen LogP contribution in [0.2, 0.25) is 0 Å². The summed E-state index contributed by atoms with van der Waals surface area (Å²) in [6, 6.07) is 17.9. The van der Waals surface area contributed by atoms with Crippen LogP contribution in [0, 0.1) is 5.92 Å². The molecule has 1 aromatic heterocycles. The molecular weight excluding hydrogens is 284 g/mol. The van der Waals surface area contributed by atoms with Crippen molar-refractivity contribution in [1.82, 2.24) is 9.97 Å². The Hall–Kier alpha value is -2.81. The molecule has 1 heterocycles. The van der Waals surface area contributed by atoms with E-state index < -0.39 is 0 Å². The molecule has 23 heavy (non-hydrogen) atoms.